The van der Waals surface area contributed by atoms with E-state index in [4.69, 9.17) is 5.14 Å². The fraction of sp³-hybridized carbons (Fsp3) is 0.226. The van der Waals surface area contributed by atoms with Gasteiger partial charge in [0, 0.05) is 36.3 Å². The van der Waals surface area contributed by atoms with Crippen LogP contribution in [0.5, 0.6) is 0 Å². The Morgan fingerprint density at radius 2 is 1.65 bits per heavy atom. The van der Waals surface area contributed by atoms with Crippen molar-refractivity contribution in [2.45, 2.75) is 33.8 Å². The van der Waals surface area contributed by atoms with Gasteiger partial charge in [0.05, 0.1) is 27.1 Å². The van der Waals surface area contributed by atoms with Gasteiger partial charge in [0.1, 0.15) is 11.8 Å². The molecule has 0 spiro atoms. The van der Waals surface area contributed by atoms with Crippen molar-refractivity contribution >= 4 is 67.9 Å². The zero-order chi connectivity index (χ0) is 34.7. The molecule has 3 amide bonds. The van der Waals surface area contributed by atoms with E-state index in [9.17, 15) is 40.8 Å². The van der Waals surface area contributed by atoms with E-state index in [2.05, 4.69) is 5.32 Å². The number of amides is 3. The van der Waals surface area contributed by atoms with Gasteiger partial charge in [0.25, 0.3) is 0 Å². The van der Waals surface area contributed by atoms with Gasteiger partial charge < -0.3 is 10.2 Å². The minimum absolute atomic E-state index is 0.158. The number of alkyl halides is 3. The molecule has 1 aromatic heterocycles. The van der Waals surface area contributed by atoms with Gasteiger partial charge in [-0.25, -0.2) is 18.5 Å². The third kappa shape index (κ3) is 6.13. The van der Waals surface area contributed by atoms with Gasteiger partial charge in [-0.15, -0.1) is 0 Å². The van der Waals surface area contributed by atoms with Crippen molar-refractivity contribution in [2.75, 3.05) is 29.2 Å². The molecule has 2 aliphatic rings. The molecule has 48 heavy (non-hydrogen) atoms. The van der Waals surface area contributed by atoms with Gasteiger partial charge in [-0.3, -0.25) is 23.7 Å². The molecule has 3 aromatic carbocycles. The van der Waals surface area contributed by atoms with Crippen LogP contribution in [0.4, 0.5) is 30.2 Å². The topological polar surface area (TPSA) is 152 Å². The zero-order valence-corrected chi connectivity index (χ0v) is 27.5. The van der Waals surface area contributed by atoms with Gasteiger partial charge in [-0.1, -0.05) is 41.3 Å². The third-order valence-electron chi connectivity index (χ3n) is 8.02. The van der Waals surface area contributed by atoms with Crippen LogP contribution in [0.25, 0.3) is 0 Å². The number of imide groups is 1. The zero-order valence-electron chi connectivity index (χ0n) is 25.1. The first kappa shape index (κ1) is 33.5. The fourth-order valence-corrected chi connectivity index (χ4v) is 9.03. The number of anilines is 3. The summed E-state index contributed by atoms with van der Waals surface area (Å²) in [7, 11) is -0.263. The van der Waals surface area contributed by atoms with Crippen molar-refractivity contribution in [3.63, 3.8) is 0 Å². The first-order valence-corrected chi connectivity index (χ1v) is 17.4. The number of fused-ring (bicyclic) bond motifs is 2. The maximum Gasteiger partial charge on any atom is 0.416 e. The molecule has 0 radical (unpaired) electrons. The summed E-state index contributed by atoms with van der Waals surface area (Å²) in [5.74, 6) is -3.93. The van der Waals surface area contributed by atoms with Crippen LogP contribution in [0.2, 0.25) is 0 Å². The van der Waals surface area contributed by atoms with E-state index >= 15 is 0 Å². The highest BCUT2D eigenvalue weighted by Crippen LogP contribution is 2.54. The second kappa shape index (κ2) is 12.2. The van der Waals surface area contributed by atoms with Crippen molar-refractivity contribution < 1.29 is 36.0 Å². The average molecular weight is 718 g/mol. The van der Waals surface area contributed by atoms with E-state index in [0.717, 1.165) is 51.9 Å². The van der Waals surface area contributed by atoms with Crippen LogP contribution in [0, 0.1) is 5.92 Å². The first-order chi connectivity index (χ1) is 22.5. The van der Waals surface area contributed by atoms with Gasteiger partial charge in [0.2, 0.25) is 27.7 Å². The number of aromatic nitrogens is 1. The number of benzene rings is 3. The molecule has 3 atom stereocenters. The summed E-state index contributed by atoms with van der Waals surface area (Å²) in [5.41, 5.74) is 0.461. The SMILES string of the molecule is CN(C)c1ccc([C@@H]2c3sc(=O)n(CC(=O)Nc4ccc(S(N)(=O)=O)cc4)c3S[C@H]3C(=O)N(c4cccc(C(F)(F)F)c4)C(=O)[C@@H]23)cc1. The number of primary sulfonamides is 1. The number of carbonyl (C=O) groups is 3. The van der Waals surface area contributed by atoms with Crippen LogP contribution in [-0.4, -0.2) is 50.1 Å². The molecule has 3 heterocycles. The largest absolute Gasteiger partial charge is 0.416 e. The van der Waals surface area contributed by atoms with Crippen LogP contribution in [0.15, 0.2) is 87.5 Å². The Morgan fingerprint density at radius 1 is 0.979 bits per heavy atom. The highest BCUT2D eigenvalue weighted by atomic mass is 32.2. The van der Waals surface area contributed by atoms with Crippen molar-refractivity contribution in [1.82, 2.24) is 4.57 Å². The van der Waals surface area contributed by atoms with Crippen LogP contribution in [0.3, 0.4) is 0 Å². The summed E-state index contributed by atoms with van der Waals surface area (Å²) >= 11 is 1.75. The number of hydrogen-bond acceptors (Lipinski definition) is 9. The molecule has 1 fully saturated rings. The van der Waals surface area contributed by atoms with Crippen molar-refractivity contribution in [1.29, 1.82) is 0 Å². The lowest BCUT2D eigenvalue weighted by Crippen LogP contribution is -2.33. The quantitative estimate of drug-likeness (QED) is 0.272. The predicted octanol–water partition coefficient (Wildman–Crippen LogP) is 4.08. The minimum Gasteiger partial charge on any atom is -0.378 e. The van der Waals surface area contributed by atoms with Gasteiger partial charge in [0.15, 0.2) is 0 Å². The monoisotopic (exact) mass is 717 g/mol. The Balaban J connectivity index is 1.38. The normalized spacial score (nSPS) is 19.2. The van der Waals surface area contributed by atoms with Crippen LogP contribution in [-0.2, 0) is 37.1 Å². The van der Waals surface area contributed by atoms with Crippen molar-refractivity contribution in [3.8, 4) is 0 Å². The fourth-order valence-electron chi connectivity index (χ4n) is 5.74. The van der Waals surface area contributed by atoms with Gasteiger partial charge >= 0.3 is 11.0 Å². The average Bonchev–Trinajstić information content (AvgIpc) is 3.46. The third-order valence-corrected chi connectivity index (χ3v) is 11.6. The number of rotatable bonds is 7. The molecule has 4 aromatic rings. The molecule has 2 aliphatic heterocycles. The molecule has 1 saturated heterocycles. The number of nitrogens with zero attached hydrogens (tertiary/aromatic N) is 3. The number of halogens is 3. The summed E-state index contributed by atoms with van der Waals surface area (Å²) in [5, 5.41) is 6.91. The Bertz CT molecular complexity index is 2110. The van der Waals surface area contributed by atoms with Crippen molar-refractivity contribution in [2.24, 2.45) is 11.1 Å². The summed E-state index contributed by atoms with van der Waals surface area (Å²) in [6.45, 7) is -0.474. The molecule has 3 N–H and O–H groups in total. The van der Waals surface area contributed by atoms with Crippen LogP contribution in [0.1, 0.15) is 21.9 Å². The van der Waals surface area contributed by atoms with Crippen molar-refractivity contribution in [3.05, 3.63) is 98.5 Å². The lowest BCUT2D eigenvalue weighted by Gasteiger charge is -2.31. The van der Waals surface area contributed by atoms with E-state index < -0.39 is 68.0 Å². The lowest BCUT2D eigenvalue weighted by atomic mass is 9.83. The van der Waals surface area contributed by atoms with E-state index in [0.29, 0.717) is 15.5 Å². The standard InChI is InChI=1S/C31H26F3N5O6S3/c1-37(2)19-10-6-16(7-11-19)23-24-25(28(42)39(27(24)41)20-5-3-4-17(14-20)31(32,33)34)46-29-26(23)47-30(43)38(29)15-22(40)36-18-8-12-21(13-9-18)48(35,44)45/h3-14,23-25H,15H2,1-2H3,(H,36,40)(H2,35,44,45)/t23-,24-,25+/m0/s1. The summed E-state index contributed by atoms with van der Waals surface area (Å²) in [6, 6.07) is 16.3. The van der Waals surface area contributed by atoms with Crippen LogP contribution >= 0.6 is 23.1 Å². The molecule has 17 heteroatoms. The maximum absolute atomic E-state index is 14.1. The van der Waals surface area contributed by atoms with E-state index in [-0.39, 0.29) is 16.3 Å². The predicted molar refractivity (Wildman–Crippen MR) is 175 cm³/mol. The molecule has 11 nitrogen and oxygen atoms in total. The Hall–Kier alpha value is -4.45. The maximum atomic E-state index is 14.1. The minimum atomic E-state index is -4.70. The van der Waals surface area contributed by atoms with Gasteiger partial charge in [-0.05, 0) is 60.2 Å². The van der Waals surface area contributed by atoms with E-state index in [1.807, 2.05) is 31.1 Å². The Morgan fingerprint density at radius 3 is 2.25 bits per heavy atom. The molecular weight excluding hydrogens is 692 g/mol. The Kier molecular flexibility index (Phi) is 8.51. The number of hydrogen-bond donors (Lipinski definition) is 2. The summed E-state index contributed by atoms with van der Waals surface area (Å²) in [4.78, 5) is 56.8. The number of nitrogens with one attached hydrogen (secondary N) is 1. The van der Waals surface area contributed by atoms with E-state index in [1.165, 1.54) is 34.9 Å². The second-order valence-corrected chi connectivity index (χ2v) is 15.0. The summed E-state index contributed by atoms with van der Waals surface area (Å²) in [6.07, 6.45) is -4.70. The molecule has 0 bridgehead atoms. The first-order valence-electron chi connectivity index (χ1n) is 14.2. The van der Waals surface area contributed by atoms with Gasteiger partial charge in [-0.2, -0.15) is 13.2 Å². The number of carbonyl (C=O) groups excluding carboxylic acids is 3. The molecular formula is C31H26F3N5O6S3. The van der Waals surface area contributed by atoms with E-state index in [1.54, 1.807) is 12.1 Å². The molecule has 6 rings (SSSR count). The molecule has 250 valence electrons. The van der Waals surface area contributed by atoms with Crippen LogP contribution < -0.4 is 25.1 Å². The highest BCUT2D eigenvalue weighted by molar-refractivity contribution is 8.00. The smallest absolute Gasteiger partial charge is 0.378 e. The molecule has 0 saturated carbocycles. The summed E-state index contributed by atoms with van der Waals surface area (Å²) < 4.78 is 65.0. The number of thioether (sulfide) groups is 1. The molecule has 0 aliphatic carbocycles. The lowest BCUT2D eigenvalue weighted by molar-refractivity contribution is -0.137. The second-order valence-electron chi connectivity index (χ2n) is 11.3. The number of thiazole rings is 1. The number of nitrogens with two attached hydrogens (primary N) is 1. The molecule has 0 unspecified atom stereocenters. The Labute approximate surface area is 280 Å². The highest BCUT2D eigenvalue weighted by Gasteiger charge is 2.57. The number of sulfonamides is 1.